The number of carbonyl (C=O) groups is 1. The fourth-order valence-corrected chi connectivity index (χ4v) is 3.89. The van der Waals surface area contributed by atoms with Crippen molar-refractivity contribution in [3.63, 3.8) is 0 Å². The Kier molecular flexibility index (Phi) is 9.49. The molecule has 21 heavy (non-hydrogen) atoms. The maximum atomic E-state index is 12.4. The van der Waals surface area contributed by atoms with E-state index in [1.54, 1.807) is 0 Å². The summed E-state index contributed by atoms with van der Waals surface area (Å²) in [5.74, 6) is 0.846. The molecular weight excluding hydrogens is 276 g/mol. The second kappa shape index (κ2) is 10.6. The summed E-state index contributed by atoms with van der Waals surface area (Å²) < 4.78 is 5.92. The molecule has 0 heterocycles. The average Bonchev–Trinajstić information content (AvgIpc) is 2.40. The molecular formula is C18H36O2Si. The van der Waals surface area contributed by atoms with E-state index in [2.05, 4.69) is 19.6 Å². The van der Waals surface area contributed by atoms with Gasteiger partial charge in [0.05, 0.1) is 0 Å². The van der Waals surface area contributed by atoms with Gasteiger partial charge in [-0.25, -0.2) is 0 Å². The van der Waals surface area contributed by atoms with Crippen LogP contribution in [0.3, 0.4) is 0 Å². The molecule has 0 N–H and O–H groups in total. The lowest BCUT2D eigenvalue weighted by atomic mass is 9.88. The number of carbonyl (C=O) groups excluding carboxylic acids is 1. The van der Waals surface area contributed by atoms with Crippen molar-refractivity contribution in [2.75, 3.05) is 6.61 Å². The zero-order chi connectivity index (χ0) is 15.6. The van der Waals surface area contributed by atoms with Crippen LogP contribution in [0.25, 0.3) is 0 Å². The van der Waals surface area contributed by atoms with Crippen molar-refractivity contribution in [3.05, 3.63) is 0 Å². The smallest absolute Gasteiger partial charge is 0.183 e. The Balaban J connectivity index is 2.32. The summed E-state index contributed by atoms with van der Waals surface area (Å²) in [5, 5.41) is 0. The van der Waals surface area contributed by atoms with Gasteiger partial charge in [-0.3, -0.25) is 4.79 Å². The predicted octanol–water partition coefficient (Wildman–Crippen LogP) is 5.72. The van der Waals surface area contributed by atoms with Gasteiger partial charge in [-0.1, -0.05) is 44.9 Å². The average molecular weight is 313 g/mol. The molecule has 1 aliphatic carbocycles. The molecule has 0 aliphatic heterocycles. The lowest BCUT2D eigenvalue weighted by Crippen LogP contribution is -2.26. The Morgan fingerprint density at radius 3 is 2.14 bits per heavy atom. The van der Waals surface area contributed by atoms with Crippen LogP contribution >= 0.6 is 0 Å². The van der Waals surface area contributed by atoms with Crippen LogP contribution < -0.4 is 0 Å². The third-order valence-corrected chi connectivity index (χ3v) is 5.48. The minimum Gasteiger partial charge on any atom is -0.418 e. The van der Waals surface area contributed by atoms with Crippen molar-refractivity contribution < 1.29 is 9.22 Å². The highest BCUT2D eigenvalue weighted by molar-refractivity contribution is 6.69. The molecule has 0 amide bonds. The number of ketones is 1. The van der Waals surface area contributed by atoms with Crippen molar-refractivity contribution in [1.82, 2.24) is 0 Å². The van der Waals surface area contributed by atoms with Crippen LogP contribution in [0.1, 0.15) is 77.0 Å². The standard InChI is InChI=1S/C18H36O2Si/c1-21(2,3)20-16-12-14-17-13-10-8-6-4-5-7-9-11-15-18(17)19/h17H,4-16H2,1-3H3. The molecule has 1 unspecified atom stereocenters. The van der Waals surface area contributed by atoms with Crippen LogP contribution in [-0.4, -0.2) is 20.7 Å². The number of hydrogen-bond acceptors (Lipinski definition) is 2. The predicted molar refractivity (Wildman–Crippen MR) is 93.2 cm³/mol. The van der Waals surface area contributed by atoms with Crippen LogP contribution in [0.15, 0.2) is 0 Å². The molecule has 0 aromatic rings. The maximum absolute atomic E-state index is 12.4. The van der Waals surface area contributed by atoms with Crippen molar-refractivity contribution in [2.45, 2.75) is 96.7 Å². The van der Waals surface area contributed by atoms with Gasteiger partial charge in [0.1, 0.15) is 5.78 Å². The van der Waals surface area contributed by atoms with E-state index in [-0.39, 0.29) is 0 Å². The van der Waals surface area contributed by atoms with Gasteiger partial charge in [0, 0.05) is 18.9 Å². The zero-order valence-corrected chi connectivity index (χ0v) is 15.6. The van der Waals surface area contributed by atoms with Gasteiger partial charge in [0.2, 0.25) is 0 Å². The number of hydrogen-bond donors (Lipinski definition) is 0. The second-order valence-corrected chi connectivity index (χ2v) is 12.1. The summed E-state index contributed by atoms with van der Waals surface area (Å²) in [5.41, 5.74) is 0. The highest BCUT2D eigenvalue weighted by atomic mass is 28.4. The first-order chi connectivity index (χ1) is 9.99. The van der Waals surface area contributed by atoms with Gasteiger partial charge in [-0.05, 0) is 45.3 Å². The summed E-state index contributed by atoms with van der Waals surface area (Å²) >= 11 is 0. The van der Waals surface area contributed by atoms with E-state index in [1.165, 1.54) is 44.9 Å². The highest BCUT2D eigenvalue weighted by Crippen LogP contribution is 2.22. The minimum atomic E-state index is -1.39. The van der Waals surface area contributed by atoms with E-state index in [0.29, 0.717) is 11.7 Å². The summed E-state index contributed by atoms with van der Waals surface area (Å²) in [6, 6.07) is 0. The van der Waals surface area contributed by atoms with Crippen LogP contribution in [0.2, 0.25) is 19.6 Å². The third kappa shape index (κ3) is 10.2. The summed E-state index contributed by atoms with van der Waals surface area (Å²) in [4.78, 5) is 12.4. The molecule has 0 spiro atoms. The zero-order valence-electron chi connectivity index (χ0n) is 14.6. The first-order valence-electron chi connectivity index (χ1n) is 9.16. The Labute approximate surface area is 133 Å². The fourth-order valence-electron chi connectivity index (χ4n) is 3.13. The highest BCUT2D eigenvalue weighted by Gasteiger charge is 2.19. The molecule has 3 heteroatoms. The molecule has 1 saturated carbocycles. The molecule has 1 fully saturated rings. The number of Topliss-reactive ketones (excluding diaryl/α,β-unsaturated/α-hetero) is 1. The van der Waals surface area contributed by atoms with Crippen LogP contribution in [0.4, 0.5) is 0 Å². The molecule has 0 aromatic heterocycles. The molecule has 0 radical (unpaired) electrons. The summed E-state index contributed by atoms with van der Waals surface area (Å²) in [7, 11) is -1.39. The van der Waals surface area contributed by atoms with Gasteiger partial charge >= 0.3 is 0 Å². The van der Waals surface area contributed by atoms with E-state index in [9.17, 15) is 4.79 Å². The number of rotatable bonds is 5. The molecule has 0 bridgehead atoms. The van der Waals surface area contributed by atoms with E-state index < -0.39 is 8.32 Å². The monoisotopic (exact) mass is 312 g/mol. The Hall–Kier alpha value is -0.153. The van der Waals surface area contributed by atoms with Gasteiger partial charge in [-0.2, -0.15) is 0 Å². The van der Waals surface area contributed by atoms with E-state index in [0.717, 1.165) is 38.7 Å². The van der Waals surface area contributed by atoms with Crippen molar-refractivity contribution >= 4 is 14.1 Å². The third-order valence-electron chi connectivity index (χ3n) is 4.41. The van der Waals surface area contributed by atoms with Crippen molar-refractivity contribution in [1.29, 1.82) is 0 Å². The van der Waals surface area contributed by atoms with Crippen molar-refractivity contribution in [2.24, 2.45) is 5.92 Å². The van der Waals surface area contributed by atoms with E-state index in [4.69, 9.17) is 4.43 Å². The summed E-state index contributed by atoms with van der Waals surface area (Å²) in [6.45, 7) is 7.54. The van der Waals surface area contributed by atoms with Crippen LogP contribution in [-0.2, 0) is 9.22 Å². The minimum absolute atomic E-state index is 0.315. The largest absolute Gasteiger partial charge is 0.418 e. The SMILES string of the molecule is C[Si](C)(C)OCCCC1CCCCCCCCCCC1=O. The summed E-state index contributed by atoms with van der Waals surface area (Å²) in [6.07, 6.45) is 14.4. The second-order valence-electron chi connectivity index (χ2n) is 7.63. The van der Waals surface area contributed by atoms with E-state index >= 15 is 0 Å². The quantitative estimate of drug-likeness (QED) is 0.479. The van der Waals surface area contributed by atoms with E-state index in [1.807, 2.05) is 0 Å². The van der Waals surface area contributed by atoms with Crippen LogP contribution in [0.5, 0.6) is 0 Å². The first-order valence-corrected chi connectivity index (χ1v) is 12.6. The molecule has 1 rings (SSSR count). The Morgan fingerprint density at radius 1 is 0.952 bits per heavy atom. The Morgan fingerprint density at radius 2 is 1.52 bits per heavy atom. The van der Waals surface area contributed by atoms with Gasteiger partial charge < -0.3 is 4.43 Å². The normalized spacial score (nSPS) is 23.4. The van der Waals surface area contributed by atoms with Crippen molar-refractivity contribution in [3.8, 4) is 0 Å². The molecule has 1 atom stereocenters. The first kappa shape index (κ1) is 18.9. The molecule has 2 nitrogen and oxygen atoms in total. The Bertz CT molecular complexity index is 283. The molecule has 0 saturated heterocycles. The lowest BCUT2D eigenvalue weighted by Gasteiger charge is -2.20. The van der Waals surface area contributed by atoms with Crippen LogP contribution in [0, 0.1) is 5.92 Å². The van der Waals surface area contributed by atoms with Gasteiger partial charge in [0.25, 0.3) is 0 Å². The topological polar surface area (TPSA) is 26.3 Å². The molecule has 0 aromatic carbocycles. The molecule has 1 aliphatic rings. The van der Waals surface area contributed by atoms with Gasteiger partial charge in [0.15, 0.2) is 8.32 Å². The lowest BCUT2D eigenvalue weighted by molar-refractivity contribution is -0.123. The maximum Gasteiger partial charge on any atom is 0.183 e. The fraction of sp³-hybridized carbons (Fsp3) is 0.944. The molecule has 124 valence electrons. The van der Waals surface area contributed by atoms with Gasteiger partial charge in [-0.15, -0.1) is 0 Å².